The Labute approximate surface area is 126 Å². The number of nitrogens with one attached hydrogen (secondary N) is 1. The lowest BCUT2D eigenvalue weighted by molar-refractivity contribution is 0.0145. The molecule has 1 heterocycles. The van der Waals surface area contributed by atoms with Gasteiger partial charge in [-0.2, -0.15) is 0 Å². The molecule has 1 N–H and O–H groups in total. The minimum atomic E-state index is -2.40. The van der Waals surface area contributed by atoms with E-state index in [-0.39, 0.29) is 6.04 Å². The average molecular weight is 407 g/mol. The highest BCUT2D eigenvalue weighted by atomic mass is 79.9. The van der Waals surface area contributed by atoms with E-state index in [1.165, 1.54) is 0 Å². The van der Waals surface area contributed by atoms with Gasteiger partial charge in [0.15, 0.2) is 0 Å². The van der Waals surface area contributed by atoms with Crippen LogP contribution in [0.2, 0.25) is 0 Å². The van der Waals surface area contributed by atoms with Crippen LogP contribution < -0.4 is 5.32 Å². The van der Waals surface area contributed by atoms with E-state index in [1.54, 1.807) is 11.3 Å². The molecule has 0 aliphatic rings. The predicted molar refractivity (Wildman–Crippen MR) is 77.6 cm³/mol. The number of hydrogen-bond acceptors (Lipinski definition) is 3. The molecule has 1 aromatic heterocycles. The van der Waals surface area contributed by atoms with Crippen molar-refractivity contribution in [3.05, 3.63) is 19.2 Å². The van der Waals surface area contributed by atoms with Crippen molar-refractivity contribution >= 4 is 43.2 Å². The lowest BCUT2D eigenvalue weighted by atomic mass is 10.2. The quantitative estimate of drug-likeness (QED) is 0.637. The Balaban J connectivity index is 2.49. The molecule has 7 heteroatoms. The third kappa shape index (κ3) is 5.61. The van der Waals surface area contributed by atoms with Gasteiger partial charge in [0, 0.05) is 22.0 Å². The first-order chi connectivity index (χ1) is 8.54. The maximum Gasteiger partial charge on any atom is 0.261 e. The summed E-state index contributed by atoms with van der Waals surface area (Å²) in [6.45, 7) is 2.68. The standard InChI is InChI=1S/C11H15Br2F2NOS/c1-2-16-8(3-4-17-6-10(14)15)9-5-7(12)11(13)18-9/h5,8,10,16H,2-4,6H2,1H3. The van der Waals surface area contributed by atoms with Crippen LogP contribution in [0.4, 0.5) is 8.78 Å². The maximum absolute atomic E-state index is 11.9. The molecule has 0 aliphatic carbocycles. The number of ether oxygens (including phenoxy) is 1. The maximum atomic E-state index is 11.9. The fraction of sp³-hybridized carbons (Fsp3) is 0.636. The second kappa shape index (κ2) is 8.58. The summed E-state index contributed by atoms with van der Waals surface area (Å²) in [5.74, 6) is 0. The highest BCUT2D eigenvalue weighted by molar-refractivity contribution is 9.13. The van der Waals surface area contributed by atoms with Crippen molar-refractivity contribution in [2.24, 2.45) is 0 Å². The SMILES string of the molecule is CCNC(CCOCC(F)F)c1cc(Br)c(Br)s1. The molecule has 0 saturated carbocycles. The largest absolute Gasteiger partial charge is 0.375 e. The fourth-order valence-corrected chi connectivity index (χ4v) is 3.70. The molecule has 0 radical (unpaired) electrons. The van der Waals surface area contributed by atoms with Crippen molar-refractivity contribution in [2.75, 3.05) is 19.8 Å². The zero-order valence-corrected chi connectivity index (χ0v) is 13.9. The molecule has 0 bridgehead atoms. The van der Waals surface area contributed by atoms with Gasteiger partial charge >= 0.3 is 0 Å². The van der Waals surface area contributed by atoms with Crippen molar-refractivity contribution < 1.29 is 13.5 Å². The van der Waals surface area contributed by atoms with E-state index >= 15 is 0 Å². The number of alkyl halides is 2. The highest BCUT2D eigenvalue weighted by Gasteiger charge is 2.15. The molecule has 0 aromatic carbocycles. The Morgan fingerprint density at radius 3 is 2.67 bits per heavy atom. The molecule has 0 saturated heterocycles. The molecule has 2 nitrogen and oxygen atoms in total. The molecular weight excluding hydrogens is 392 g/mol. The minimum absolute atomic E-state index is 0.139. The lowest BCUT2D eigenvalue weighted by Crippen LogP contribution is -2.22. The van der Waals surface area contributed by atoms with E-state index in [2.05, 4.69) is 37.2 Å². The predicted octanol–water partition coefficient (Wildman–Crippen LogP) is 4.60. The summed E-state index contributed by atoms with van der Waals surface area (Å²) in [5, 5.41) is 3.33. The van der Waals surface area contributed by atoms with Crippen molar-refractivity contribution in [1.29, 1.82) is 0 Å². The monoisotopic (exact) mass is 405 g/mol. The Bertz CT molecular complexity index is 343. The first-order valence-corrected chi connectivity index (χ1v) is 7.98. The minimum Gasteiger partial charge on any atom is -0.375 e. The summed E-state index contributed by atoms with van der Waals surface area (Å²) in [7, 11) is 0. The van der Waals surface area contributed by atoms with Crippen molar-refractivity contribution in [2.45, 2.75) is 25.8 Å². The van der Waals surface area contributed by atoms with Crippen LogP contribution in [0.5, 0.6) is 0 Å². The molecule has 0 fully saturated rings. The Kier molecular flexibility index (Phi) is 7.86. The zero-order chi connectivity index (χ0) is 13.5. The van der Waals surface area contributed by atoms with E-state index < -0.39 is 13.0 Å². The summed E-state index contributed by atoms with van der Waals surface area (Å²) in [5.41, 5.74) is 0. The Morgan fingerprint density at radius 1 is 1.44 bits per heavy atom. The first-order valence-electron chi connectivity index (χ1n) is 5.58. The Hall–Kier alpha value is 0.440. The Morgan fingerprint density at radius 2 is 2.17 bits per heavy atom. The van der Waals surface area contributed by atoms with E-state index in [0.717, 1.165) is 19.7 Å². The lowest BCUT2D eigenvalue weighted by Gasteiger charge is -2.16. The van der Waals surface area contributed by atoms with E-state index in [0.29, 0.717) is 13.0 Å². The zero-order valence-electron chi connectivity index (χ0n) is 9.89. The van der Waals surface area contributed by atoms with Gasteiger partial charge in [-0.15, -0.1) is 11.3 Å². The molecule has 1 atom stereocenters. The van der Waals surface area contributed by atoms with Crippen molar-refractivity contribution in [1.82, 2.24) is 5.32 Å². The number of rotatable bonds is 8. The van der Waals surface area contributed by atoms with Gasteiger partial charge in [-0.25, -0.2) is 8.78 Å². The molecule has 104 valence electrons. The second-order valence-electron chi connectivity index (χ2n) is 3.64. The van der Waals surface area contributed by atoms with Crippen LogP contribution >= 0.6 is 43.2 Å². The van der Waals surface area contributed by atoms with Crippen LogP contribution in [-0.2, 0) is 4.74 Å². The molecule has 1 unspecified atom stereocenters. The summed E-state index contributed by atoms with van der Waals surface area (Å²) in [4.78, 5) is 1.16. The number of hydrogen-bond donors (Lipinski definition) is 1. The summed E-state index contributed by atoms with van der Waals surface area (Å²) < 4.78 is 30.8. The van der Waals surface area contributed by atoms with E-state index in [9.17, 15) is 8.78 Å². The van der Waals surface area contributed by atoms with Crippen LogP contribution in [0.1, 0.15) is 24.3 Å². The third-order valence-electron chi connectivity index (χ3n) is 2.25. The van der Waals surface area contributed by atoms with Gasteiger partial charge in [0.05, 0.1) is 3.79 Å². The second-order valence-corrected chi connectivity index (χ2v) is 6.89. The van der Waals surface area contributed by atoms with Crippen LogP contribution in [-0.4, -0.2) is 26.2 Å². The molecule has 0 amide bonds. The highest BCUT2D eigenvalue weighted by Crippen LogP contribution is 2.36. The normalized spacial score (nSPS) is 13.2. The van der Waals surface area contributed by atoms with Gasteiger partial charge in [-0.1, -0.05) is 6.92 Å². The first kappa shape index (κ1) is 16.5. The van der Waals surface area contributed by atoms with Gasteiger partial charge in [0.25, 0.3) is 6.43 Å². The van der Waals surface area contributed by atoms with Crippen molar-refractivity contribution in [3.63, 3.8) is 0 Å². The van der Waals surface area contributed by atoms with Crippen LogP contribution in [0.3, 0.4) is 0 Å². The van der Waals surface area contributed by atoms with Gasteiger partial charge in [-0.3, -0.25) is 0 Å². The van der Waals surface area contributed by atoms with E-state index in [4.69, 9.17) is 4.74 Å². The fourth-order valence-electron chi connectivity index (χ4n) is 1.50. The molecule has 0 spiro atoms. The molecular formula is C11H15Br2F2NOS. The molecule has 1 rings (SSSR count). The molecule has 18 heavy (non-hydrogen) atoms. The number of halogens is 4. The molecule has 0 aliphatic heterocycles. The average Bonchev–Trinajstić information content (AvgIpc) is 2.63. The smallest absolute Gasteiger partial charge is 0.261 e. The van der Waals surface area contributed by atoms with Crippen LogP contribution in [0.15, 0.2) is 14.3 Å². The number of thiophene rings is 1. The van der Waals surface area contributed by atoms with Gasteiger partial charge < -0.3 is 10.1 Å². The van der Waals surface area contributed by atoms with Gasteiger partial charge in [-0.05, 0) is 50.9 Å². The van der Waals surface area contributed by atoms with Crippen LogP contribution in [0, 0.1) is 0 Å². The molecule has 1 aromatic rings. The third-order valence-corrected chi connectivity index (χ3v) is 5.62. The van der Waals surface area contributed by atoms with Gasteiger partial charge in [0.1, 0.15) is 6.61 Å². The topological polar surface area (TPSA) is 21.3 Å². The summed E-state index contributed by atoms with van der Waals surface area (Å²) >= 11 is 8.52. The summed E-state index contributed by atoms with van der Waals surface area (Å²) in [6.07, 6.45) is -1.72. The van der Waals surface area contributed by atoms with Gasteiger partial charge in [0.2, 0.25) is 0 Å². The summed E-state index contributed by atoms with van der Waals surface area (Å²) in [6, 6.07) is 2.18. The van der Waals surface area contributed by atoms with E-state index in [1.807, 2.05) is 13.0 Å². The van der Waals surface area contributed by atoms with Crippen LogP contribution in [0.25, 0.3) is 0 Å². The van der Waals surface area contributed by atoms with Crippen molar-refractivity contribution in [3.8, 4) is 0 Å².